The van der Waals surface area contributed by atoms with Gasteiger partial charge in [0, 0.05) is 17.1 Å². The molecule has 26 heavy (non-hydrogen) atoms. The van der Waals surface area contributed by atoms with E-state index in [1.807, 2.05) is 18.2 Å². The van der Waals surface area contributed by atoms with Crippen LogP contribution in [0.3, 0.4) is 0 Å². The summed E-state index contributed by atoms with van der Waals surface area (Å²) in [7, 11) is 0. The van der Waals surface area contributed by atoms with Gasteiger partial charge in [-0.3, -0.25) is 14.3 Å². The van der Waals surface area contributed by atoms with Crippen molar-refractivity contribution in [1.29, 1.82) is 5.26 Å². The van der Waals surface area contributed by atoms with E-state index in [0.29, 0.717) is 11.2 Å². The summed E-state index contributed by atoms with van der Waals surface area (Å²) in [6.07, 6.45) is 1.63. The predicted octanol–water partition coefficient (Wildman–Crippen LogP) is 2.69. The molecule has 0 aliphatic heterocycles. The monoisotopic (exact) mass is 349 g/mol. The second kappa shape index (κ2) is 7.13. The van der Waals surface area contributed by atoms with Crippen molar-refractivity contribution in [2.75, 3.05) is 6.61 Å². The molecule has 0 unspecified atom stereocenters. The molecule has 0 bridgehead atoms. The lowest BCUT2D eigenvalue weighted by Crippen LogP contribution is -2.23. The highest BCUT2D eigenvalue weighted by Crippen LogP contribution is 2.28. The second-order valence-corrected chi connectivity index (χ2v) is 5.52. The Morgan fingerprint density at radius 1 is 1.27 bits per heavy atom. The number of aromatic hydroxyl groups is 1. The van der Waals surface area contributed by atoms with E-state index in [0.717, 1.165) is 9.95 Å². The minimum atomic E-state index is -0.634. The number of pyridine rings is 2. The zero-order chi connectivity index (χ0) is 18.7. The van der Waals surface area contributed by atoms with Gasteiger partial charge in [0.25, 0.3) is 5.56 Å². The molecule has 3 rings (SSSR count). The zero-order valence-electron chi connectivity index (χ0n) is 13.9. The predicted molar refractivity (Wildman–Crippen MR) is 94.8 cm³/mol. The Bertz CT molecular complexity index is 1110. The quantitative estimate of drug-likeness (QED) is 0.701. The molecule has 0 aliphatic rings. The summed E-state index contributed by atoms with van der Waals surface area (Å²) >= 11 is 0. The van der Waals surface area contributed by atoms with Gasteiger partial charge in [0.1, 0.15) is 17.3 Å². The Hall–Kier alpha value is -3.57. The summed E-state index contributed by atoms with van der Waals surface area (Å²) in [4.78, 5) is 16.8. The SMILES string of the molecule is Cc1c(C#N)c(O)n(CCO)c(=O)c1N=Nc1cccc2cccnc12. The standard InChI is InChI=1S/C18H15N5O3/c1-11-13(10-19)17(25)23(8-9-24)18(26)15(11)22-21-14-6-2-4-12-5-3-7-20-16(12)14/h2-7,24-25H,8-9H2,1H3. The first kappa shape index (κ1) is 17.3. The topological polar surface area (TPSA) is 124 Å². The highest BCUT2D eigenvalue weighted by atomic mass is 16.3. The third-order valence-corrected chi connectivity index (χ3v) is 3.96. The number of aromatic nitrogens is 2. The Balaban J connectivity index is 2.18. The largest absolute Gasteiger partial charge is 0.493 e. The van der Waals surface area contributed by atoms with Crippen molar-refractivity contribution in [2.24, 2.45) is 10.2 Å². The molecule has 0 saturated carbocycles. The summed E-state index contributed by atoms with van der Waals surface area (Å²) in [6.45, 7) is 0.988. The average molecular weight is 349 g/mol. The molecule has 0 amide bonds. The molecular formula is C18H15N5O3. The number of rotatable bonds is 4. The fourth-order valence-electron chi connectivity index (χ4n) is 2.64. The van der Waals surface area contributed by atoms with Crippen LogP contribution in [0.2, 0.25) is 0 Å². The highest BCUT2D eigenvalue weighted by molar-refractivity contribution is 5.88. The maximum Gasteiger partial charge on any atom is 0.281 e. The van der Waals surface area contributed by atoms with Gasteiger partial charge in [-0.2, -0.15) is 5.26 Å². The summed E-state index contributed by atoms with van der Waals surface area (Å²) in [5.41, 5.74) is 0.545. The van der Waals surface area contributed by atoms with Gasteiger partial charge >= 0.3 is 0 Å². The third-order valence-electron chi connectivity index (χ3n) is 3.96. The molecule has 8 nitrogen and oxygen atoms in total. The summed E-state index contributed by atoms with van der Waals surface area (Å²) < 4.78 is 0.904. The molecule has 8 heteroatoms. The molecule has 130 valence electrons. The van der Waals surface area contributed by atoms with Crippen molar-refractivity contribution in [3.8, 4) is 11.9 Å². The van der Waals surface area contributed by atoms with Crippen LogP contribution in [-0.4, -0.2) is 26.4 Å². The highest BCUT2D eigenvalue weighted by Gasteiger charge is 2.18. The van der Waals surface area contributed by atoms with Crippen molar-refractivity contribution in [3.05, 3.63) is 58.0 Å². The Labute approximate surface area is 148 Å². The summed E-state index contributed by atoms with van der Waals surface area (Å²) in [5, 5.41) is 37.5. The summed E-state index contributed by atoms with van der Waals surface area (Å²) in [6, 6.07) is 10.9. The number of azo groups is 1. The lowest BCUT2D eigenvalue weighted by Gasteiger charge is -2.11. The number of hydrogen-bond donors (Lipinski definition) is 2. The lowest BCUT2D eigenvalue weighted by atomic mass is 10.1. The van der Waals surface area contributed by atoms with Crippen molar-refractivity contribution in [2.45, 2.75) is 13.5 Å². The lowest BCUT2D eigenvalue weighted by molar-refractivity contribution is 0.263. The zero-order valence-corrected chi connectivity index (χ0v) is 13.9. The van der Waals surface area contributed by atoms with Crippen LogP contribution in [-0.2, 0) is 6.54 Å². The number of fused-ring (bicyclic) bond motifs is 1. The summed E-state index contributed by atoms with van der Waals surface area (Å²) in [5.74, 6) is -0.491. The fraction of sp³-hybridized carbons (Fsp3) is 0.167. The van der Waals surface area contributed by atoms with Gasteiger partial charge in [0.15, 0.2) is 5.69 Å². The van der Waals surface area contributed by atoms with Gasteiger partial charge in [-0.1, -0.05) is 18.2 Å². The van der Waals surface area contributed by atoms with Crippen molar-refractivity contribution in [1.82, 2.24) is 9.55 Å². The number of aliphatic hydroxyl groups excluding tert-OH is 1. The van der Waals surface area contributed by atoms with E-state index in [1.54, 1.807) is 24.4 Å². The average Bonchev–Trinajstić information content (AvgIpc) is 2.65. The maximum atomic E-state index is 12.6. The molecule has 2 heterocycles. The normalized spacial score (nSPS) is 11.1. The number of aliphatic hydroxyl groups is 1. The molecule has 0 atom stereocenters. The minimum Gasteiger partial charge on any atom is -0.493 e. The van der Waals surface area contributed by atoms with E-state index in [9.17, 15) is 15.2 Å². The van der Waals surface area contributed by atoms with Gasteiger partial charge in [-0.25, -0.2) is 0 Å². The van der Waals surface area contributed by atoms with Crippen LogP contribution in [0.15, 0.2) is 51.6 Å². The first-order chi connectivity index (χ1) is 12.6. The van der Waals surface area contributed by atoms with Crippen LogP contribution in [0.25, 0.3) is 10.9 Å². The van der Waals surface area contributed by atoms with Crippen LogP contribution in [0, 0.1) is 18.3 Å². The Morgan fingerprint density at radius 3 is 2.77 bits per heavy atom. The second-order valence-electron chi connectivity index (χ2n) is 5.52. The Kier molecular flexibility index (Phi) is 4.73. The number of hydrogen-bond acceptors (Lipinski definition) is 7. The van der Waals surface area contributed by atoms with E-state index in [1.165, 1.54) is 6.92 Å². The van der Waals surface area contributed by atoms with Crippen LogP contribution in [0.5, 0.6) is 5.88 Å². The molecule has 2 aromatic heterocycles. The molecule has 0 radical (unpaired) electrons. The molecule has 0 spiro atoms. The number of para-hydroxylation sites is 1. The molecule has 1 aromatic carbocycles. The van der Waals surface area contributed by atoms with Crippen LogP contribution in [0.4, 0.5) is 11.4 Å². The minimum absolute atomic E-state index is 0.0688. The van der Waals surface area contributed by atoms with Crippen molar-refractivity contribution in [3.63, 3.8) is 0 Å². The van der Waals surface area contributed by atoms with Gasteiger partial charge in [0.05, 0.1) is 18.7 Å². The van der Waals surface area contributed by atoms with Gasteiger partial charge in [0.2, 0.25) is 5.88 Å². The third kappa shape index (κ3) is 2.92. The smallest absolute Gasteiger partial charge is 0.281 e. The van der Waals surface area contributed by atoms with Crippen LogP contribution >= 0.6 is 0 Å². The van der Waals surface area contributed by atoms with E-state index >= 15 is 0 Å². The van der Waals surface area contributed by atoms with E-state index in [2.05, 4.69) is 15.2 Å². The molecule has 0 aliphatic carbocycles. The molecule has 0 fully saturated rings. The molecule has 3 aromatic rings. The van der Waals surface area contributed by atoms with Gasteiger partial charge < -0.3 is 10.2 Å². The first-order valence-corrected chi connectivity index (χ1v) is 7.81. The first-order valence-electron chi connectivity index (χ1n) is 7.81. The number of benzene rings is 1. The van der Waals surface area contributed by atoms with E-state index in [4.69, 9.17) is 5.11 Å². The van der Waals surface area contributed by atoms with Crippen molar-refractivity contribution >= 4 is 22.3 Å². The van der Waals surface area contributed by atoms with Gasteiger partial charge in [-0.05, 0) is 19.1 Å². The van der Waals surface area contributed by atoms with Gasteiger partial charge in [-0.15, -0.1) is 10.2 Å². The van der Waals surface area contributed by atoms with Crippen molar-refractivity contribution < 1.29 is 10.2 Å². The Morgan fingerprint density at radius 2 is 2.04 bits per heavy atom. The fourth-order valence-corrected chi connectivity index (χ4v) is 2.64. The number of nitrogens with zero attached hydrogens (tertiary/aromatic N) is 5. The maximum absolute atomic E-state index is 12.6. The molecular weight excluding hydrogens is 334 g/mol. The van der Waals surface area contributed by atoms with E-state index in [-0.39, 0.29) is 30.0 Å². The molecule has 2 N–H and O–H groups in total. The van der Waals surface area contributed by atoms with Crippen LogP contribution < -0.4 is 5.56 Å². The van der Waals surface area contributed by atoms with Crippen LogP contribution in [0.1, 0.15) is 11.1 Å². The van der Waals surface area contributed by atoms with E-state index < -0.39 is 11.4 Å². The molecule has 0 saturated heterocycles. The number of nitriles is 1.